The number of aliphatic hydroxyl groups is 2. The third kappa shape index (κ3) is 5.17. The second-order valence-corrected chi connectivity index (χ2v) is 7.16. The van der Waals surface area contributed by atoms with Crippen molar-refractivity contribution < 1.29 is 19.7 Å². The Bertz CT molecular complexity index is 929. The van der Waals surface area contributed by atoms with Gasteiger partial charge in [0, 0.05) is 24.4 Å². The van der Waals surface area contributed by atoms with Crippen molar-refractivity contribution >= 4 is 41.8 Å². The first-order chi connectivity index (χ1) is 13.5. The summed E-state index contributed by atoms with van der Waals surface area (Å²) in [6.45, 7) is 0.400. The Morgan fingerprint density at radius 3 is 2.60 bits per heavy atom. The molecule has 9 nitrogen and oxygen atoms in total. The second kappa shape index (κ2) is 10.0. The zero-order valence-electron chi connectivity index (χ0n) is 15.9. The molecule has 162 valence electrons. The standard InChI is InChI=1S/C19H21N5O4.2ClH/c25-14-7-19(8-15(14)26,11-28-16-9-20-5-6-21-16)10-22-18(27)17-23-12-3-1-2-4-13(12)24-17;;/h1-6,9,14-15,25-26H,7-8,10-11H2,(H,22,27)(H,23,24);2*1H/t14-,15+,19?;;. The minimum Gasteiger partial charge on any atom is -0.476 e. The van der Waals surface area contributed by atoms with E-state index >= 15 is 0 Å². The molecule has 0 aliphatic heterocycles. The van der Waals surface area contributed by atoms with E-state index in [0.717, 1.165) is 5.52 Å². The lowest BCUT2D eigenvalue weighted by Crippen LogP contribution is -2.41. The van der Waals surface area contributed by atoms with Crippen molar-refractivity contribution in [2.45, 2.75) is 25.0 Å². The van der Waals surface area contributed by atoms with Crippen LogP contribution in [0, 0.1) is 5.41 Å². The van der Waals surface area contributed by atoms with Crippen molar-refractivity contribution in [1.29, 1.82) is 0 Å². The highest BCUT2D eigenvalue weighted by Gasteiger charge is 2.45. The Hall–Kier alpha value is -2.46. The van der Waals surface area contributed by atoms with Crippen LogP contribution in [0.25, 0.3) is 11.0 Å². The highest BCUT2D eigenvalue weighted by molar-refractivity contribution is 5.94. The Kier molecular flexibility index (Phi) is 7.96. The summed E-state index contributed by atoms with van der Waals surface area (Å²) in [5, 5.41) is 22.9. The van der Waals surface area contributed by atoms with Crippen LogP contribution in [-0.4, -0.2) is 61.4 Å². The van der Waals surface area contributed by atoms with Crippen molar-refractivity contribution in [2.24, 2.45) is 5.41 Å². The molecule has 0 saturated heterocycles. The number of hydrogen-bond acceptors (Lipinski definition) is 7. The number of halogens is 2. The fraction of sp³-hybridized carbons (Fsp3) is 0.368. The molecule has 4 N–H and O–H groups in total. The first-order valence-corrected chi connectivity index (χ1v) is 9.03. The monoisotopic (exact) mass is 455 g/mol. The number of amides is 1. The van der Waals surface area contributed by atoms with Crippen LogP contribution in [0.4, 0.5) is 0 Å². The van der Waals surface area contributed by atoms with Crippen LogP contribution < -0.4 is 10.1 Å². The van der Waals surface area contributed by atoms with Crippen LogP contribution in [-0.2, 0) is 0 Å². The van der Waals surface area contributed by atoms with E-state index in [4.69, 9.17) is 4.74 Å². The number of para-hydroxylation sites is 2. The number of nitrogens with one attached hydrogen (secondary N) is 2. The van der Waals surface area contributed by atoms with E-state index in [-0.39, 0.29) is 49.7 Å². The molecule has 0 radical (unpaired) electrons. The number of H-pyrrole nitrogens is 1. The van der Waals surface area contributed by atoms with E-state index in [1.54, 1.807) is 6.20 Å². The van der Waals surface area contributed by atoms with Gasteiger partial charge in [-0.05, 0) is 25.0 Å². The number of aliphatic hydroxyl groups excluding tert-OH is 2. The molecule has 4 rings (SSSR count). The Morgan fingerprint density at radius 2 is 1.93 bits per heavy atom. The van der Waals surface area contributed by atoms with Gasteiger partial charge in [0.05, 0.1) is 36.0 Å². The van der Waals surface area contributed by atoms with Crippen molar-refractivity contribution in [2.75, 3.05) is 13.2 Å². The molecule has 1 amide bonds. The average Bonchev–Trinajstić information content (AvgIpc) is 3.27. The molecule has 1 fully saturated rings. The smallest absolute Gasteiger partial charge is 0.287 e. The van der Waals surface area contributed by atoms with E-state index in [2.05, 4.69) is 25.3 Å². The van der Waals surface area contributed by atoms with E-state index in [1.807, 2.05) is 24.3 Å². The summed E-state index contributed by atoms with van der Waals surface area (Å²) in [5.41, 5.74) is 0.859. The summed E-state index contributed by atoms with van der Waals surface area (Å²) in [4.78, 5) is 27.8. The molecule has 0 spiro atoms. The van der Waals surface area contributed by atoms with Gasteiger partial charge in [-0.15, -0.1) is 24.8 Å². The lowest BCUT2D eigenvalue weighted by molar-refractivity contribution is 0.0438. The van der Waals surface area contributed by atoms with Gasteiger partial charge in [0.2, 0.25) is 5.88 Å². The molecule has 11 heteroatoms. The van der Waals surface area contributed by atoms with Crippen molar-refractivity contribution in [3.63, 3.8) is 0 Å². The number of rotatable bonds is 6. The molecule has 30 heavy (non-hydrogen) atoms. The zero-order valence-corrected chi connectivity index (χ0v) is 17.5. The summed E-state index contributed by atoms with van der Waals surface area (Å²) >= 11 is 0. The molecular formula is C19H23Cl2N5O4. The summed E-state index contributed by atoms with van der Waals surface area (Å²) in [7, 11) is 0. The number of aromatic amines is 1. The third-order valence-corrected chi connectivity index (χ3v) is 5.02. The highest BCUT2D eigenvalue weighted by atomic mass is 35.5. The van der Waals surface area contributed by atoms with Gasteiger partial charge in [0.15, 0.2) is 5.82 Å². The SMILES string of the molecule is Cl.Cl.O=C(NCC1(COc2cnccn2)C[C@@H](O)[C@@H](O)C1)c1nc2ccccc2[nH]1. The summed E-state index contributed by atoms with van der Waals surface area (Å²) < 4.78 is 5.71. The first kappa shape index (κ1) is 23.8. The number of carbonyl (C=O) groups is 1. The number of ether oxygens (including phenoxy) is 1. The quantitative estimate of drug-likeness (QED) is 0.442. The number of benzene rings is 1. The molecular weight excluding hydrogens is 433 g/mol. The lowest BCUT2D eigenvalue weighted by Gasteiger charge is -2.28. The van der Waals surface area contributed by atoms with E-state index in [9.17, 15) is 15.0 Å². The maximum atomic E-state index is 12.6. The highest BCUT2D eigenvalue weighted by Crippen LogP contribution is 2.38. The number of imidazole rings is 1. The van der Waals surface area contributed by atoms with E-state index < -0.39 is 17.6 Å². The predicted molar refractivity (Wildman–Crippen MR) is 114 cm³/mol. The Balaban J connectivity index is 0.00000160. The summed E-state index contributed by atoms with van der Waals surface area (Å²) in [5.74, 6) is 0.206. The topological polar surface area (TPSA) is 133 Å². The van der Waals surface area contributed by atoms with Crippen LogP contribution in [0.15, 0.2) is 42.9 Å². The maximum absolute atomic E-state index is 12.6. The number of fused-ring (bicyclic) bond motifs is 1. The van der Waals surface area contributed by atoms with E-state index in [0.29, 0.717) is 24.2 Å². The van der Waals surface area contributed by atoms with Gasteiger partial charge in [-0.3, -0.25) is 9.78 Å². The van der Waals surface area contributed by atoms with Crippen molar-refractivity contribution in [3.05, 3.63) is 48.7 Å². The normalized spacial score (nSPS) is 22.7. The fourth-order valence-corrected chi connectivity index (χ4v) is 3.55. The number of nitrogens with zero attached hydrogens (tertiary/aromatic N) is 3. The third-order valence-electron chi connectivity index (χ3n) is 5.02. The Morgan fingerprint density at radius 1 is 1.20 bits per heavy atom. The number of hydrogen-bond donors (Lipinski definition) is 4. The minimum absolute atomic E-state index is 0. The average molecular weight is 456 g/mol. The number of carbonyl (C=O) groups excluding carboxylic acids is 1. The molecule has 2 aromatic heterocycles. The maximum Gasteiger partial charge on any atom is 0.287 e. The summed E-state index contributed by atoms with van der Waals surface area (Å²) in [6.07, 6.45) is 3.41. The van der Waals surface area contributed by atoms with Crippen LogP contribution in [0.2, 0.25) is 0 Å². The van der Waals surface area contributed by atoms with E-state index in [1.165, 1.54) is 12.4 Å². The van der Waals surface area contributed by atoms with Gasteiger partial charge < -0.3 is 25.3 Å². The molecule has 1 aromatic carbocycles. The molecule has 3 atom stereocenters. The molecule has 2 heterocycles. The molecule has 3 aromatic rings. The van der Waals surface area contributed by atoms with Gasteiger partial charge in [0.25, 0.3) is 5.91 Å². The first-order valence-electron chi connectivity index (χ1n) is 9.03. The molecule has 0 bridgehead atoms. The van der Waals surface area contributed by atoms with Gasteiger partial charge in [0.1, 0.15) is 0 Å². The van der Waals surface area contributed by atoms with Gasteiger partial charge in [-0.2, -0.15) is 0 Å². The molecule has 1 aliphatic rings. The molecule has 1 unspecified atom stereocenters. The zero-order chi connectivity index (χ0) is 19.6. The van der Waals surface area contributed by atoms with Crippen molar-refractivity contribution in [3.8, 4) is 5.88 Å². The van der Waals surface area contributed by atoms with Crippen molar-refractivity contribution in [1.82, 2.24) is 25.3 Å². The summed E-state index contributed by atoms with van der Waals surface area (Å²) in [6, 6.07) is 7.38. The largest absolute Gasteiger partial charge is 0.476 e. The van der Waals surface area contributed by atoms with Crippen LogP contribution >= 0.6 is 24.8 Å². The minimum atomic E-state index is -0.867. The lowest BCUT2D eigenvalue weighted by atomic mass is 9.86. The molecule has 1 aliphatic carbocycles. The van der Waals surface area contributed by atoms with Crippen LogP contribution in [0.1, 0.15) is 23.5 Å². The Labute approximate surface area is 185 Å². The molecule has 1 saturated carbocycles. The van der Waals surface area contributed by atoms with Crippen LogP contribution in [0.5, 0.6) is 5.88 Å². The van der Waals surface area contributed by atoms with Gasteiger partial charge >= 0.3 is 0 Å². The van der Waals surface area contributed by atoms with Gasteiger partial charge in [-0.25, -0.2) is 9.97 Å². The van der Waals surface area contributed by atoms with Crippen LogP contribution in [0.3, 0.4) is 0 Å². The second-order valence-electron chi connectivity index (χ2n) is 7.16. The predicted octanol–water partition coefficient (Wildman–Crippen LogP) is 1.51. The fourth-order valence-electron chi connectivity index (χ4n) is 3.55. The van der Waals surface area contributed by atoms with Gasteiger partial charge in [-0.1, -0.05) is 12.1 Å². The number of aromatic nitrogens is 4.